The molecule has 0 bridgehead atoms. The SMILES string of the molecule is Cc1cnoc1C(=O)N1CCN(C/C=C/c2ccccc2)CC1. The maximum atomic E-state index is 12.3. The smallest absolute Gasteiger partial charge is 0.292 e. The number of benzene rings is 1. The highest BCUT2D eigenvalue weighted by atomic mass is 16.5. The lowest BCUT2D eigenvalue weighted by molar-refractivity contribution is 0.0608. The van der Waals surface area contributed by atoms with Crippen LogP contribution in [0.3, 0.4) is 0 Å². The quantitative estimate of drug-likeness (QED) is 0.870. The van der Waals surface area contributed by atoms with Gasteiger partial charge in [-0.2, -0.15) is 0 Å². The van der Waals surface area contributed by atoms with Crippen molar-refractivity contribution in [2.45, 2.75) is 6.92 Å². The number of rotatable bonds is 4. The minimum absolute atomic E-state index is 0.0560. The molecule has 0 N–H and O–H groups in total. The van der Waals surface area contributed by atoms with E-state index < -0.39 is 0 Å². The van der Waals surface area contributed by atoms with Gasteiger partial charge in [-0.3, -0.25) is 9.69 Å². The zero-order valence-corrected chi connectivity index (χ0v) is 13.3. The van der Waals surface area contributed by atoms with Crippen LogP contribution in [0.15, 0.2) is 47.1 Å². The molecule has 5 heteroatoms. The molecule has 0 radical (unpaired) electrons. The van der Waals surface area contributed by atoms with Gasteiger partial charge in [0.25, 0.3) is 5.91 Å². The molecule has 0 aliphatic carbocycles. The molecule has 0 saturated carbocycles. The Morgan fingerprint density at radius 2 is 1.96 bits per heavy atom. The number of carbonyl (C=O) groups is 1. The van der Waals surface area contributed by atoms with Crippen molar-refractivity contribution >= 4 is 12.0 Å². The van der Waals surface area contributed by atoms with Crippen molar-refractivity contribution in [3.05, 3.63) is 59.5 Å². The number of amides is 1. The Kier molecular flexibility index (Phi) is 4.88. The summed E-state index contributed by atoms with van der Waals surface area (Å²) in [5, 5.41) is 3.68. The van der Waals surface area contributed by atoms with Gasteiger partial charge in [-0.1, -0.05) is 47.6 Å². The van der Waals surface area contributed by atoms with E-state index in [1.807, 2.05) is 30.0 Å². The van der Waals surface area contributed by atoms with Crippen LogP contribution in [0.5, 0.6) is 0 Å². The molecule has 1 amide bonds. The summed E-state index contributed by atoms with van der Waals surface area (Å²) in [5.41, 5.74) is 2.00. The van der Waals surface area contributed by atoms with E-state index in [2.05, 4.69) is 34.3 Å². The highest BCUT2D eigenvalue weighted by molar-refractivity contribution is 5.92. The first kappa shape index (κ1) is 15.5. The van der Waals surface area contributed by atoms with Crippen molar-refractivity contribution in [3.63, 3.8) is 0 Å². The number of piperazine rings is 1. The van der Waals surface area contributed by atoms with E-state index in [4.69, 9.17) is 4.52 Å². The van der Waals surface area contributed by atoms with Crippen LogP contribution >= 0.6 is 0 Å². The highest BCUT2D eigenvalue weighted by Crippen LogP contribution is 2.12. The van der Waals surface area contributed by atoms with Crippen LogP contribution in [0, 0.1) is 6.92 Å². The van der Waals surface area contributed by atoms with Gasteiger partial charge in [0.1, 0.15) is 0 Å². The van der Waals surface area contributed by atoms with Crippen LogP contribution in [0.4, 0.5) is 0 Å². The summed E-state index contributed by atoms with van der Waals surface area (Å²) >= 11 is 0. The summed E-state index contributed by atoms with van der Waals surface area (Å²) in [7, 11) is 0. The normalized spacial score (nSPS) is 16.1. The zero-order valence-electron chi connectivity index (χ0n) is 13.3. The van der Waals surface area contributed by atoms with E-state index in [1.165, 1.54) is 5.56 Å². The fraction of sp³-hybridized carbons (Fsp3) is 0.333. The van der Waals surface area contributed by atoms with Crippen molar-refractivity contribution in [1.29, 1.82) is 0 Å². The summed E-state index contributed by atoms with van der Waals surface area (Å²) < 4.78 is 5.05. The van der Waals surface area contributed by atoms with E-state index >= 15 is 0 Å². The predicted octanol–water partition coefficient (Wildman–Crippen LogP) is 2.45. The van der Waals surface area contributed by atoms with Gasteiger partial charge in [0.15, 0.2) is 0 Å². The molecule has 1 aromatic carbocycles. The molecule has 3 rings (SSSR count). The van der Waals surface area contributed by atoms with Gasteiger partial charge in [-0.05, 0) is 12.5 Å². The van der Waals surface area contributed by atoms with Crippen molar-refractivity contribution in [1.82, 2.24) is 15.0 Å². The summed E-state index contributed by atoms with van der Waals surface area (Å²) in [6.07, 6.45) is 5.89. The minimum atomic E-state index is -0.0560. The third kappa shape index (κ3) is 3.87. The monoisotopic (exact) mass is 311 g/mol. The molecule has 0 spiro atoms. The highest BCUT2D eigenvalue weighted by Gasteiger charge is 2.25. The Morgan fingerprint density at radius 1 is 1.22 bits per heavy atom. The molecular formula is C18H21N3O2. The molecule has 1 fully saturated rings. The average molecular weight is 311 g/mol. The van der Waals surface area contributed by atoms with Crippen LogP contribution < -0.4 is 0 Å². The van der Waals surface area contributed by atoms with Crippen LogP contribution in [-0.2, 0) is 0 Å². The van der Waals surface area contributed by atoms with Crippen molar-refractivity contribution in [2.24, 2.45) is 0 Å². The number of hydrogen-bond donors (Lipinski definition) is 0. The minimum Gasteiger partial charge on any atom is -0.351 e. The molecule has 1 aromatic heterocycles. The van der Waals surface area contributed by atoms with Gasteiger partial charge in [-0.25, -0.2) is 0 Å². The van der Waals surface area contributed by atoms with Crippen molar-refractivity contribution in [2.75, 3.05) is 32.7 Å². The Balaban J connectivity index is 1.48. The van der Waals surface area contributed by atoms with Crippen LogP contribution in [0.1, 0.15) is 21.7 Å². The first-order chi connectivity index (χ1) is 11.2. The van der Waals surface area contributed by atoms with Crippen molar-refractivity contribution in [3.8, 4) is 0 Å². The molecule has 2 aromatic rings. The maximum Gasteiger partial charge on any atom is 0.292 e. The second-order valence-corrected chi connectivity index (χ2v) is 5.74. The van der Waals surface area contributed by atoms with Gasteiger partial charge >= 0.3 is 0 Å². The first-order valence-corrected chi connectivity index (χ1v) is 7.88. The number of aryl methyl sites for hydroxylation is 1. The number of nitrogens with zero attached hydrogens (tertiary/aromatic N) is 3. The molecule has 5 nitrogen and oxygen atoms in total. The molecule has 0 unspecified atom stereocenters. The topological polar surface area (TPSA) is 49.6 Å². The molecule has 2 heterocycles. The molecule has 120 valence electrons. The summed E-state index contributed by atoms with van der Waals surface area (Å²) in [6.45, 7) is 5.93. The van der Waals surface area contributed by atoms with Gasteiger partial charge < -0.3 is 9.42 Å². The van der Waals surface area contributed by atoms with Gasteiger partial charge in [0.05, 0.1) is 6.20 Å². The Labute approximate surface area is 136 Å². The molecule has 1 aliphatic heterocycles. The third-order valence-corrected chi connectivity index (χ3v) is 4.08. The predicted molar refractivity (Wildman–Crippen MR) is 89.1 cm³/mol. The third-order valence-electron chi connectivity index (χ3n) is 4.08. The fourth-order valence-corrected chi connectivity index (χ4v) is 2.68. The second kappa shape index (κ2) is 7.24. The summed E-state index contributed by atoms with van der Waals surface area (Å²) in [4.78, 5) is 16.5. The number of aromatic nitrogens is 1. The van der Waals surface area contributed by atoms with Gasteiger partial charge in [0, 0.05) is 38.3 Å². The fourth-order valence-electron chi connectivity index (χ4n) is 2.68. The van der Waals surface area contributed by atoms with Crippen LogP contribution in [-0.4, -0.2) is 53.6 Å². The molecule has 1 aliphatic rings. The Bertz CT molecular complexity index is 671. The van der Waals surface area contributed by atoms with E-state index in [9.17, 15) is 4.79 Å². The molecule has 23 heavy (non-hydrogen) atoms. The lowest BCUT2D eigenvalue weighted by Gasteiger charge is -2.33. The largest absolute Gasteiger partial charge is 0.351 e. The standard InChI is InChI=1S/C18H21N3O2/c1-15-14-19-23-17(15)18(22)21-12-10-20(11-13-21)9-5-8-16-6-3-2-4-7-16/h2-8,14H,9-13H2,1H3/b8-5+. The van der Waals surface area contributed by atoms with Crippen LogP contribution in [0.25, 0.3) is 6.08 Å². The molecular weight excluding hydrogens is 290 g/mol. The Morgan fingerprint density at radius 3 is 2.61 bits per heavy atom. The van der Waals surface area contributed by atoms with Gasteiger partial charge in [0.2, 0.25) is 5.76 Å². The van der Waals surface area contributed by atoms with Crippen molar-refractivity contribution < 1.29 is 9.32 Å². The summed E-state index contributed by atoms with van der Waals surface area (Å²) in [5.74, 6) is 0.307. The number of hydrogen-bond acceptors (Lipinski definition) is 4. The average Bonchev–Trinajstić information content (AvgIpc) is 3.02. The van der Waals surface area contributed by atoms with E-state index in [0.29, 0.717) is 5.76 Å². The second-order valence-electron chi connectivity index (χ2n) is 5.74. The first-order valence-electron chi connectivity index (χ1n) is 7.88. The zero-order chi connectivity index (χ0) is 16.1. The van der Waals surface area contributed by atoms with E-state index in [-0.39, 0.29) is 5.91 Å². The lowest BCUT2D eigenvalue weighted by Crippen LogP contribution is -2.48. The summed E-state index contributed by atoms with van der Waals surface area (Å²) in [6, 6.07) is 10.3. The molecule has 0 atom stereocenters. The number of carbonyl (C=O) groups excluding carboxylic acids is 1. The van der Waals surface area contributed by atoms with E-state index in [1.54, 1.807) is 6.20 Å². The van der Waals surface area contributed by atoms with E-state index in [0.717, 1.165) is 38.3 Å². The van der Waals surface area contributed by atoms with Gasteiger partial charge in [-0.15, -0.1) is 0 Å². The maximum absolute atomic E-state index is 12.3. The Hall–Kier alpha value is -2.40. The van der Waals surface area contributed by atoms with Crippen LogP contribution in [0.2, 0.25) is 0 Å². The lowest BCUT2D eigenvalue weighted by atomic mass is 10.2. The molecule has 1 saturated heterocycles.